The summed E-state index contributed by atoms with van der Waals surface area (Å²) in [5.41, 5.74) is 1.97. The number of hydrogen-bond donors (Lipinski definition) is 1. The lowest BCUT2D eigenvalue weighted by atomic mass is 9.90. The van der Waals surface area contributed by atoms with E-state index >= 15 is 0 Å². The summed E-state index contributed by atoms with van der Waals surface area (Å²) in [6, 6.07) is 9.74. The molecule has 1 aliphatic rings. The van der Waals surface area contributed by atoms with Gasteiger partial charge in [0.25, 0.3) is 0 Å². The predicted octanol–water partition coefficient (Wildman–Crippen LogP) is 1.58. The molecule has 1 aromatic rings. The Labute approximate surface area is 100 Å². The lowest BCUT2D eigenvalue weighted by Gasteiger charge is -2.32. The van der Waals surface area contributed by atoms with E-state index in [1.165, 1.54) is 0 Å². The van der Waals surface area contributed by atoms with Gasteiger partial charge >= 0.3 is 5.97 Å². The van der Waals surface area contributed by atoms with Crippen LogP contribution < -0.4 is 0 Å². The summed E-state index contributed by atoms with van der Waals surface area (Å²) in [6.45, 7) is 1.87. The van der Waals surface area contributed by atoms with E-state index < -0.39 is 11.9 Å². The third-order valence-electron chi connectivity index (χ3n) is 3.10. The van der Waals surface area contributed by atoms with E-state index in [0.29, 0.717) is 19.5 Å². The first-order valence-corrected chi connectivity index (χ1v) is 5.62. The normalized spacial score (nSPS) is 19.4. The van der Waals surface area contributed by atoms with E-state index in [0.717, 1.165) is 17.7 Å². The molecule has 2 rings (SSSR count). The van der Waals surface area contributed by atoms with Crippen LogP contribution in [0.3, 0.4) is 0 Å². The van der Waals surface area contributed by atoms with Crippen LogP contribution in [0, 0.1) is 11.3 Å². The zero-order chi connectivity index (χ0) is 12.3. The molecule has 1 atom stereocenters. The molecule has 17 heavy (non-hydrogen) atoms. The van der Waals surface area contributed by atoms with Crippen LogP contribution in [0.2, 0.25) is 0 Å². The lowest BCUT2D eigenvalue weighted by Crippen LogP contribution is -2.37. The molecule has 0 spiro atoms. The summed E-state index contributed by atoms with van der Waals surface area (Å²) >= 11 is 0. The molecule has 88 valence electrons. The predicted molar refractivity (Wildman–Crippen MR) is 62.3 cm³/mol. The summed E-state index contributed by atoms with van der Waals surface area (Å²) in [4.78, 5) is 13.3. The van der Waals surface area contributed by atoms with Crippen LogP contribution in [-0.4, -0.2) is 29.1 Å². The highest BCUT2D eigenvalue weighted by Gasteiger charge is 2.29. The Kier molecular flexibility index (Phi) is 3.40. The Morgan fingerprint density at radius 2 is 2.29 bits per heavy atom. The van der Waals surface area contributed by atoms with Crippen molar-refractivity contribution < 1.29 is 9.90 Å². The second-order valence-electron chi connectivity index (χ2n) is 4.23. The summed E-state index contributed by atoms with van der Waals surface area (Å²) in [6.07, 6.45) is 0.439. The van der Waals surface area contributed by atoms with E-state index in [1.54, 1.807) is 0 Å². The molecule has 0 fully saturated rings. The zero-order valence-electron chi connectivity index (χ0n) is 9.47. The minimum atomic E-state index is -0.792. The second-order valence-corrected chi connectivity index (χ2v) is 4.23. The second kappa shape index (κ2) is 4.98. The van der Waals surface area contributed by atoms with Gasteiger partial charge in [-0.1, -0.05) is 24.3 Å². The van der Waals surface area contributed by atoms with Crippen LogP contribution in [-0.2, 0) is 11.3 Å². The van der Waals surface area contributed by atoms with Gasteiger partial charge in [0.2, 0.25) is 0 Å². The largest absolute Gasteiger partial charge is 0.481 e. The maximum Gasteiger partial charge on any atom is 0.312 e. The molecule has 0 radical (unpaired) electrons. The van der Waals surface area contributed by atoms with Gasteiger partial charge in [0.1, 0.15) is 0 Å². The molecule has 4 nitrogen and oxygen atoms in total. The highest BCUT2D eigenvalue weighted by atomic mass is 16.4. The fourth-order valence-corrected chi connectivity index (χ4v) is 2.27. The summed E-state index contributed by atoms with van der Waals surface area (Å²) in [7, 11) is 0. The highest BCUT2D eigenvalue weighted by Crippen LogP contribution is 2.28. The van der Waals surface area contributed by atoms with Crippen molar-refractivity contribution in [2.45, 2.75) is 18.9 Å². The molecule has 0 aliphatic carbocycles. The van der Waals surface area contributed by atoms with Crippen molar-refractivity contribution in [1.82, 2.24) is 4.90 Å². The van der Waals surface area contributed by atoms with Gasteiger partial charge in [0.05, 0.1) is 12.0 Å². The first kappa shape index (κ1) is 11.6. The molecule has 0 amide bonds. The van der Waals surface area contributed by atoms with Crippen molar-refractivity contribution >= 4 is 5.97 Å². The maximum absolute atomic E-state index is 11.2. The number of nitrogens with zero attached hydrogens (tertiary/aromatic N) is 2. The van der Waals surface area contributed by atoms with Gasteiger partial charge in [-0.05, 0) is 11.1 Å². The lowest BCUT2D eigenvalue weighted by molar-refractivity contribution is -0.139. The smallest absolute Gasteiger partial charge is 0.312 e. The average molecular weight is 230 g/mol. The standard InChI is InChI=1S/C13H14N2O2/c14-6-3-7-15-8-10-4-1-2-5-11(10)12(9-15)13(16)17/h1-2,4-5,12H,3,7-9H2,(H,16,17). The maximum atomic E-state index is 11.2. The molecule has 0 saturated carbocycles. The summed E-state index contributed by atoms with van der Waals surface area (Å²) in [5, 5.41) is 17.8. The van der Waals surface area contributed by atoms with Gasteiger partial charge in [-0.15, -0.1) is 0 Å². The fraction of sp³-hybridized carbons (Fsp3) is 0.385. The number of carboxylic acid groups (broad SMARTS) is 1. The third kappa shape index (κ3) is 2.45. The summed E-state index contributed by atoms with van der Waals surface area (Å²) in [5.74, 6) is -1.27. The molecule has 0 bridgehead atoms. The van der Waals surface area contributed by atoms with Crippen LogP contribution in [0.25, 0.3) is 0 Å². The molecule has 4 heteroatoms. The van der Waals surface area contributed by atoms with Crippen molar-refractivity contribution in [1.29, 1.82) is 5.26 Å². The average Bonchev–Trinajstić information content (AvgIpc) is 2.35. The molecule has 0 saturated heterocycles. The first-order valence-electron chi connectivity index (χ1n) is 5.62. The van der Waals surface area contributed by atoms with Crippen molar-refractivity contribution in [3.63, 3.8) is 0 Å². The number of rotatable bonds is 3. The number of carbonyl (C=O) groups is 1. The monoisotopic (exact) mass is 230 g/mol. The van der Waals surface area contributed by atoms with Crippen LogP contribution in [0.4, 0.5) is 0 Å². The number of nitriles is 1. The fourth-order valence-electron chi connectivity index (χ4n) is 2.27. The molecule has 1 aliphatic heterocycles. The molecule has 0 aromatic heterocycles. The van der Waals surface area contributed by atoms with Gasteiger partial charge < -0.3 is 5.11 Å². The van der Waals surface area contributed by atoms with Crippen LogP contribution >= 0.6 is 0 Å². The Bertz CT molecular complexity index is 465. The van der Waals surface area contributed by atoms with Crippen molar-refractivity contribution in [2.75, 3.05) is 13.1 Å². The quantitative estimate of drug-likeness (QED) is 0.856. The SMILES string of the molecule is N#CCCN1Cc2ccccc2C(C(=O)O)C1. The molecule has 1 N–H and O–H groups in total. The number of fused-ring (bicyclic) bond motifs is 1. The highest BCUT2D eigenvalue weighted by molar-refractivity contribution is 5.77. The Hall–Kier alpha value is -1.86. The van der Waals surface area contributed by atoms with Crippen LogP contribution in [0.1, 0.15) is 23.5 Å². The van der Waals surface area contributed by atoms with Crippen molar-refractivity contribution in [3.05, 3.63) is 35.4 Å². The topological polar surface area (TPSA) is 64.3 Å². The number of hydrogen-bond acceptors (Lipinski definition) is 3. The van der Waals surface area contributed by atoms with E-state index in [9.17, 15) is 9.90 Å². The van der Waals surface area contributed by atoms with Gasteiger partial charge in [0, 0.05) is 26.1 Å². The Morgan fingerprint density at radius 1 is 1.53 bits per heavy atom. The van der Waals surface area contributed by atoms with Crippen molar-refractivity contribution in [3.8, 4) is 6.07 Å². The van der Waals surface area contributed by atoms with Crippen LogP contribution in [0.15, 0.2) is 24.3 Å². The Balaban J connectivity index is 2.24. The zero-order valence-corrected chi connectivity index (χ0v) is 9.47. The van der Waals surface area contributed by atoms with Crippen LogP contribution in [0.5, 0.6) is 0 Å². The molecular formula is C13H14N2O2. The minimum Gasteiger partial charge on any atom is -0.481 e. The number of benzene rings is 1. The van der Waals surface area contributed by atoms with E-state index in [-0.39, 0.29) is 0 Å². The first-order chi connectivity index (χ1) is 8.22. The molecule has 1 aromatic carbocycles. The molecule has 1 unspecified atom stereocenters. The third-order valence-corrected chi connectivity index (χ3v) is 3.10. The van der Waals surface area contributed by atoms with Gasteiger partial charge in [-0.2, -0.15) is 5.26 Å². The number of aliphatic carboxylic acids is 1. The van der Waals surface area contributed by atoms with E-state index in [2.05, 4.69) is 6.07 Å². The van der Waals surface area contributed by atoms with Crippen molar-refractivity contribution in [2.24, 2.45) is 0 Å². The minimum absolute atomic E-state index is 0.439. The summed E-state index contributed by atoms with van der Waals surface area (Å²) < 4.78 is 0. The number of carboxylic acids is 1. The van der Waals surface area contributed by atoms with Gasteiger partial charge in [-0.3, -0.25) is 9.69 Å². The van der Waals surface area contributed by atoms with E-state index in [1.807, 2.05) is 29.2 Å². The molecular weight excluding hydrogens is 216 g/mol. The van der Waals surface area contributed by atoms with E-state index in [4.69, 9.17) is 5.26 Å². The Morgan fingerprint density at radius 3 is 3.00 bits per heavy atom. The van der Waals surface area contributed by atoms with Gasteiger partial charge in [0.15, 0.2) is 0 Å². The van der Waals surface area contributed by atoms with Gasteiger partial charge in [-0.25, -0.2) is 0 Å². The molecule has 1 heterocycles.